The lowest BCUT2D eigenvalue weighted by Gasteiger charge is -2.12. The van der Waals surface area contributed by atoms with Crippen LogP contribution in [0.25, 0.3) is 0 Å². The Morgan fingerprint density at radius 3 is 2.47 bits per heavy atom. The molecule has 1 aromatic rings. The van der Waals surface area contributed by atoms with Gasteiger partial charge >= 0.3 is 5.97 Å². The topological polar surface area (TPSA) is 66.6 Å². The summed E-state index contributed by atoms with van der Waals surface area (Å²) in [5.74, 6) is 0.278. The van der Waals surface area contributed by atoms with E-state index in [1.807, 2.05) is 31.1 Å². The van der Waals surface area contributed by atoms with E-state index < -0.39 is 12.0 Å². The monoisotopic (exact) mass is 254 g/mol. The Balaban J connectivity index is 2.40. The van der Waals surface area contributed by atoms with Crippen LogP contribution >= 0.6 is 11.8 Å². The number of aliphatic carboxylic acids is 1. The number of rotatable bonds is 6. The van der Waals surface area contributed by atoms with Gasteiger partial charge in [-0.15, -0.1) is 0 Å². The summed E-state index contributed by atoms with van der Waals surface area (Å²) >= 11 is 1.54. The van der Waals surface area contributed by atoms with Crippen LogP contribution in [-0.2, 0) is 10.5 Å². The predicted molar refractivity (Wildman–Crippen MR) is 72.5 cm³/mol. The first-order valence-corrected chi connectivity index (χ1v) is 6.48. The number of carboxylic acid groups (broad SMARTS) is 1. The Bertz CT molecular complexity index is 365. The number of nitrogens with two attached hydrogens (primary N) is 1. The maximum absolute atomic E-state index is 10.5. The van der Waals surface area contributed by atoms with Gasteiger partial charge in [0.25, 0.3) is 0 Å². The number of carboxylic acids is 1. The van der Waals surface area contributed by atoms with Crippen LogP contribution in [-0.4, -0.2) is 37.0 Å². The van der Waals surface area contributed by atoms with Gasteiger partial charge in [-0.2, -0.15) is 11.8 Å². The van der Waals surface area contributed by atoms with Crippen molar-refractivity contribution in [3.63, 3.8) is 0 Å². The molecule has 0 aliphatic carbocycles. The van der Waals surface area contributed by atoms with E-state index in [4.69, 9.17) is 10.8 Å². The third-order valence-electron chi connectivity index (χ3n) is 2.34. The molecule has 1 rings (SSSR count). The second-order valence-electron chi connectivity index (χ2n) is 4.02. The summed E-state index contributed by atoms with van der Waals surface area (Å²) in [7, 11) is 3.99. The molecule has 94 valence electrons. The van der Waals surface area contributed by atoms with Crippen molar-refractivity contribution in [3.8, 4) is 0 Å². The average Bonchev–Trinajstić information content (AvgIpc) is 2.29. The molecule has 0 saturated heterocycles. The fourth-order valence-electron chi connectivity index (χ4n) is 1.27. The highest BCUT2D eigenvalue weighted by Gasteiger charge is 2.10. The van der Waals surface area contributed by atoms with Crippen LogP contribution in [0.15, 0.2) is 24.3 Å². The van der Waals surface area contributed by atoms with Crippen LogP contribution in [0.3, 0.4) is 0 Å². The van der Waals surface area contributed by atoms with Gasteiger partial charge < -0.3 is 15.7 Å². The predicted octanol–water partition coefficient (Wildman–Crippen LogP) is 1.40. The first kappa shape index (κ1) is 13.9. The molecular formula is C12H18N2O2S. The molecule has 0 unspecified atom stereocenters. The van der Waals surface area contributed by atoms with Gasteiger partial charge in [0.05, 0.1) is 0 Å². The second-order valence-corrected chi connectivity index (χ2v) is 5.05. The van der Waals surface area contributed by atoms with Gasteiger partial charge in [-0.25, -0.2) is 0 Å². The minimum absolute atomic E-state index is 0.435. The van der Waals surface area contributed by atoms with Crippen molar-refractivity contribution in [3.05, 3.63) is 29.8 Å². The minimum atomic E-state index is -0.944. The lowest BCUT2D eigenvalue weighted by atomic mass is 10.2. The van der Waals surface area contributed by atoms with Crippen molar-refractivity contribution < 1.29 is 9.90 Å². The van der Waals surface area contributed by atoms with E-state index in [0.717, 1.165) is 11.4 Å². The number of carbonyl (C=O) groups is 1. The lowest BCUT2D eigenvalue weighted by Crippen LogP contribution is -2.32. The lowest BCUT2D eigenvalue weighted by molar-refractivity contribution is -0.137. The van der Waals surface area contributed by atoms with Gasteiger partial charge in [0.2, 0.25) is 0 Å². The van der Waals surface area contributed by atoms with E-state index in [2.05, 4.69) is 12.1 Å². The molecule has 3 N–H and O–H groups in total. The number of hydrogen-bond acceptors (Lipinski definition) is 4. The smallest absolute Gasteiger partial charge is 0.321 e. The van der Waals surface area contributed by atoms with Crippen LogP contribution in [0.1, 0.15) is 5.56 Å². The SMILES string of the molecule is CN(C)c1ccc(CSC[C@H](N)C(=O)O)cc1. The van der Waals surface area contributed by atoms with E-state index in [-0.39, 0.29) is 0 Å². The highest BCUT2D eigenvalue weighted by atomic mass is 32.2. The molecule has 1 aromatic carbocycles. The van der Waals surface area contributed by atoms with Crippen LogP contribution in [0.5, 0.6) is 0 Å². The van der Waals surface area contributed by atoms with Crippen molar-refractivity contribution in [1.29, 1.82) is 0 Å². The van der Waals surface area contributed by atoms with E-state index >= 15 is 0 Å². The molecule has 0 amide bonds. The molecule has 0 radical (unpaired) electrons. The summed E-state index contributed by atoms with van der Waals surface area (Å²) < 4.78 is 0. The quantitative estimate of drug-likeness (QED) is 0.803. The van der Waals surface area contributed by atoms with Crippen molar-refractivity contribution in [2.45, 2.75) is 11.8 Å². The Labute approximate surface area is 106 Å². The summed E-state index contributed by atoms with van der Waals surface area (Å²) in [5, 5.41) is 8.63. The van der Waals surface area contributed by atoms with Gasteiger partial charge in [0.1, 0.15) is 6.04 Å². The van der Waals surface area contributed by atoms with E-state index in [9.17, 15) is 4.79 Å². The molecule has 0 aliphatic rings. The first-order chi connectivity index (χ1) is 8.00. The van der Waals surface area contributed by atoms with E-state index in [0.29, 0.717) is 5.75 Å². The Hall–Kier alpha value is -1.20. The number of anilines is 1. The molecule has 0 bridgehead atoms. The van der Waals surface area contributed by atoms with Crippen molar-refractivity contribution in [2.24, 2.45) is 5.73 Å². The van der Waals surface area contributed by atoms with Crippen LogP contribution in [0.2, 0.25) is 0 Å². The largest absolute Gasteiger partial charge is 0.480 e. The molecular weight excluding hydrogens is 236 g/mol. The molecule has 5 heteroatoms. The summed E-state index contributed by atoms with van der Waals surface area (Å²) in [5.41, 5.74) is 7.75. The Kier molecular flexibility index (Phi) is 5.31. The van der Waals surface area contributed by atoms with Crippen molar-refractivity contribution in [2.75, 3.05) is 24.7 Å². The third-order valence-corrected chi connectivity index (χ3v) is 3.47. The molecule has 0 saturated carbocycles. The summed E-state index contributed by atoms with van der Waals surface area (Å²) in [6.07, 6.45) is 0. The molecule has 4 nitrogen and oxygen atoms in total. The van der Waals surface area contributed by atoms with Crippen molar-refractivity contribution >= 4 is 23.4 Å². The summed E-state index contributed by atoms with van der Waals surface area (Å²) in [6.45, 7) is 0. The molecule has 0 aliphatic heterocycles. The average molecular weight is 254 g/mol. The van der Waals surface area contributed by atoms with E-state index in [1.54, 1.807) is 0 Å². The summed E-state index contributed by atoms with van der Waals surface area (Å²) in [4.78, 5) is 12.6. The number of hydrogen-bond donors (Lipinski definition) is 2. The zero-order chi connectivity index (χ0) is 12.8. The number of nitrogens with zero attached hydrogens (tertiary/aromatic N) is 1. The fraction of sp³-hybridized carbons (Fsp3) is 0.417. The molecule has 0 heterocycles. The van der Waals surface area contributed by atoms with Gasteiger partial charge in [-0.05, 0) is 17.7 Å². The van der Waals surface area contributed by atoms with E-state index in [1.165, 1.54) is 17.3 Å². The van der Waals surface area contributed by atoms with Crippen molar-refractivity contribution in [1.82, 2.24) is 0 Å². The van der Waals surface area contributed by atoms with Crippen LogP contribution in [0.4, 0.5) is 5.69 Å². The molecule has 0 fully saturated rings. The Morgan fingerprint density at radius 1 is 1.41 bits per heavy atom. The van der Waals surface area contributed by atoms with Crippen LogP contribution < -0.4 is 10.6 Å². The zero-order valence-electron chi connectivity index (χ0n) is 10.1. The third kappa shape index (κ3) is 4.66. The maximum atomic E-state index is 10.5. The zero-order valence-corrected chi connectivity index (χ0v) is 10.9. The maximum Gasteiger partial charge on any atom is 0.321 e. The normalized spacial score (nSPS) is 12.2. The summed E-state index contributed by atoms with van der Waals surface area (Å²) in [6, 6.07) is 7.42. The number of thioether (sulfide) groups is 1. The second kappa shape index (κ2) is 6.51. The highest BCUT2D eigenvalue weighted by Crippen LogP contribution is 2.17. The number of benzene rings is 1. The standard InChI is InChI=1S/C12H18N2O2S/c1-14(2)10-5-3-9(4-6-10)7-17-8-11(13)12(15)16/h3-6,11H,7-8,13H2,1-2H3,(H,15,16)/t11-/m0/s1. The van der Waals surface area contributed by atoms with Gasteiger partial charge in [-0.1, -0.05) is 12.1 Å². The Morgan fingerprint density at radius 2 is 2.00 bits per heavy atom. The van der Waals surface area contributed by atoms with Gasteiger partial charge in [-0.3, -0.25) is 4.79 Å². The van der Waals surface area contributed by atoms with Gasteiger partial charge in [0.15, 0.2) is 0 Å². The minimum Gasteiger partial charge on any atom is -0.480 e. The fourth-order valence-corrected chi connectivity index (χ4v) is 2.21. The molecule has 0 aromatic heterocycles. The first-order valence-electron chi connectivity index (χ1n) is 5.33. The molecule has 17 heavy (non-hydrogen) atoms. The molecule has 0 spiro atoms. The van der Waals surface area contributed by atoms with Crippen LogP contribution in [0, 0.1) is 0 Å². The van der Waals surface area contributed by atoms with Gasteiger partial charge in [0, 0.05) is 31.3 Å². The highest BCUT2D eigenvalue weighted by molar-refractivity contribution is 7.98. The molecule has 1 atom stereocenters.